The normalized spacial score (nSPS) is 27.3. The van der Waals surface area contributed by atoms with Crippen molar-refractivity contribution < 1.29 is 4.79 Å². The SMILES string of the molecule is O=C(NCCC1CCCN1)C1CCC1. The first kappa shape index (κ1) is 9.97. The zero-order valence-electron chi connectivity index (χ0n) is 8.72. The largest absolute Gasteiger partial charge is 0.356 e. The van der Waals surface area contributed by atoms with E-state index in [2.05, 4.69) is 10.6 Å². The third-order valence-electron chi connectivity index (χ3n) is 3.43. The minimum atomic E-state index is 0.286. The molecular weight excluding hydrogens is 176 g/mol. The lowest BCUT2D eigenvalue weighted by Gasteiger charge is -2.24. The zero-order chi connectivity index (χ0) is 9.80. The van der Waals surface area contributed by atoms with Crippen molar-refractivity contribution in [1.29, 1.82) is 0 Å². The molecule has 0 aromatic heterocycles. The highest BCUT2D eigenvalue weighted by Crippen LogP contribution is 2.26. The van der Waals surface area contributed by atoms with Crippen LogP contribution in [0.25, 0.3) is 0 Å². The second-order valence-electron chi connectivity index (χ2n) is 4.50. The van der Waals surface area contributed by atoms with Gasteiger partial charge in [0.15, 0.2) is 0 Å². The minimum Gasteiger partial charge on any atom is -0.356 e. The summed E-state index contributed by atoms with van der Waals surface area (Å²) < 4.78 is 0. The summed E-state index contributed by atoms with van der Waals surface area (Å²) in [5.41, 5.74) is 0. The third kappa shape index (κ3) is 2.47. The summed E-state index contributed by atoms with van der Waals surface area (Å²) >= 11 is 0. The second kappa shape index (κ2) is 4.78. The van der Waals surface area contributed by atoms with E-state index in [9.17, 15) is 4.79 Å². The van der Waals surface area contributed by atoms with Crippen molar-refractivity contribution >= 4 is 5.91 Å². The van der Waals surface area contributed by atoms with Crippen LogP contribution in [0.2, 0.25) is 0 Å². The van der Waals surface area contributed by atoms with E-state index in [-0.39, 0.29) is 5.91 Å². The van der Waals surface area contributed by atoms with Gasteiger partial charge in [-0.05, 0) is 38.6 Å². The maximum atomic E-state index is 11.5. The Kier molecular flexibility index (Phi) is 3.40. The summed E-state index contributed by atoms with van der Waals surface area (Å²) in [6, 6.07) is 0.650. The van der Waals surface area contributed by atoms with Crippen LogP contribution in [0.4, 0.5) is 0 Å². The van der Waals surface area contributed by atoms with Crippen molar-refractivity contribution in [3.05, 3.63) is 0 Å². The van der Waals surface area contributed by atoms with E-state index in [1.807, 2.05) is 0 Å². The molecule has 1 aliphatic carbocycles. The maximum Gasteiger partial charge on any atom is 0.223 e. The molecule has 1 saturated heterocycles. The lowest BCUT2D eigenvalue weighted by Crippen LogP contribution is -2.36. The van der Waals surface area contributed by atoms with Crippen molar-refractivity contribution in [2.75, 3.05) is 13.1 Å². The molecule has 1 amide bonds. The predicted octanol–water partition coefficient (Wildman–Crippen LogP) is 1.04. The van der Waals surface area contributed by atoms with Gasteiger partial charge in [0, 0.05) is 18.5 Å². The van der Waals surface area contributed by atoms with E-state index < -0.39 is 0 Å². The van der Waals surface area contributed by atoms with Crippen LogP contribution in [0.1, 0.15) is 38.5 Å². The average Bonchev–Trinajstić information content (AvgIpc) is 2.53. The first-order valence-corrected chi connectivity index (χ1v) is 5.87. The van der Waals surface area contributed by atoms with Crippen molar-refractivity contribution in [2.45, 2.75) is 44.6 Å². The third-order valence-corrected chi connectivity index (χ3v) is 3.43. The molecule has 0 bridgehead atoms. The van der Waals surface area contributed by atoms with Gasteiger partial charge in [0.2, 0.25) is 5.91 Å². The Hall–Kier alpha value is -0.570. The van der Waals surface area contributed by atoms with E-state index in [1.54, 1.807) is 0 Å². The number of hydrogen-bond donors (Lipinski definition) is 2. The van der Waals surface area contributed by atoms with E-state index in [1.165, 1.54) is 19.3 Å². The van der Waals surface area contributed by atoms with Crippen molar-refractivity contribution in [2.24, 2.45) is 5.92 Å². The molecule has 1 heterocycles. The summed E-state index contributed by atoms with van der Waals surface area (Å²) in [4.78, 5) is 11.5. The first-order valence-electron chi connectivity index (χ1n) is 5.87. The summed E-state index contributed by atoms with van der Waals surface area (Å²) in [7, 11) is 0. The van der Waals surface area contributed by atoms with Crippen LogP contribution in [0.3, 0.4) is 0 Å². The lowest BCUT2D eigenvalue weighted by atomic mass is 9.85. The maximum absolute atomic E-state index is 11.5. The molecule has 2 aliphatic rings. The Bertz CT molecular complexity index is 195. The highest BCUT2D eigenvalue weighted by atomic mass is 16.1. The molecule has 0 radical (unpaired) electrons. The van der Waals surface area contributed by atoms with Crippen LogP contribution in [-0.2, 0) is 4.79 Å². The minimum absolute atomic E-state index is 0.286. The quantitative estimate of drug-likeness (QED) is 0.705. The standard InChI is InChI=1S/C11H20N2O/c14-11(9-3-1-4-9)13-8-6-10-5-2-7-12-10/h9-10,12H,1-8H2,(H,13,14). The summed E-state index contributed by atoms with van der Waals surface area (Å²) in [6.45, 7) is 2.01. The zero-order valence-corrected chi connectivity index (χ0v) is 8.72. The molecule has 1 unspecified atom stereocenters. The molecule has 3 heteroatoms. The molecule has 1 aliphatic heterocycles. The Morgan fingerprint density at radius 2 is 2.14 bits per heavy atom. The number of carbonyl (C=O) groups excluding carboxylic acids is 1. The van der Waals surface area contributed by atoms with Crippen LogP contribution >= 0.6 is 0 Å². The van der Waals surface area contributed by atoms with Gasteiger partial charge in [0.25, 0.3) is 0 Å². The van der Waals surface area contributed by atoms with Crippen LogP contribution < -0.4 is 10.6 Å². The molecular formula is C11H20N2O. The summed E-state index contributed by atoms with van der Waals surface area (Å²) in [6.07, 6.45) is 7.11. The van der Waals surface area contributed by atoms with Gasteiger partial charge in [0.05, 0.1) is 0 Å². The molecule has 2 rings (SSSR count). The Morgan fingerprint density at radius 1 is 1.29 bits per heavy atom. The number of amides is 1. The van der Waals surface area contributed by atoms with E-state index in [0.29, 0.717) is 12.0 Å². The monoisotopic (exact) mass is 196 g/mol. The van der Waals surface area contributed by atoms with Crippen molar-refractivity contribution in [3.63, 3.8) is 0 Å². The van der Waals surface area contributed by atoms with Gasteiger partial charge in [-0.1, -0.05) is 6.42 Å². The van der Waals surface area contributed by atoms with Crippen LogP contribution in [0.5, 0.6) is 0 Å². The van der Waals surface area contributed by atoms with E-state index >= 15 is 0 Å². The fourth-order valence-electron chi connectivity index (χ4n) is 2.19. The first-order chi connectivity index (χ1) is 6.86. The molecule has 1 atom stereocenters. The van der Waals surface area contributed by atoms with Crippen LogP contribution in [-0.4, -0.2) is 25.0 Å². The van der Waals surface area contributed by atoms with Gasteiger partial charge in [0.1, 0.15) is 0 Å². The second-order valence-corrected chi connectivity index (χ2v) is 4.50. The van der Waals surface area contributed by atoms with E-state index in [4.69, 9.17) is 0 Å². The number of carbonyl (C=O) groups is 1. The van der Waals surface area contributed by atoms with Crippen molar-refractivity contribution in [3.8, 4) is 0 Å². The number of hydrogen-bond acceptors (Lipinski definition) is 2. The van der Waals surface area contributed by atoms with Gasteiger partial charge in [-0.3, -0.25) is 4.79 Å². The molecule has 2 fully saturated rings. The Balaban J connectivity index is 1.55. The molecule has 2 N–H and O–H groups in total. The van der Waals surface area contributed by atoms with Gasteiger partial charge in [-0.2, -0.15) is 0 Å². The fraction of sp³-hybridized carbons (Fsp3) is 0.909. The molecule has 0 aromatic carbocycles. The molecule has 14 heavy (non-hydrogen) atoms. The summed E-state index contributed by atoms with van der Waals surface area (Å²) in [5, 5.41) is 6.47. The molecule has 1 saturated carbocycles. The average molecular weight is 196 g/mol. The van der Waals surface area contributed by atoms with Gasteiger partial charge in [-0.15, -0.1) is 0 Å². The Morgan fingerprint density at radius 3 is 2.71 bits per heavy atom. The topological polar surface area (TPSA) is 41.1 Å². The smallest absolute Gasteiger partial charge is 0.223 e. The fourth-order valence-corrected chi connectivity index (χ4v) is 2.19. The number of nitrogens with one attached hydrogen (secondary N) is 2. The van der Waals surface area contributed by atoms with Crippen LogP contribution in [0.15, 0.2) is 0 Å². The highest BCUT2D eigenvalue weighted by Gasteiger charge is 2.24. The molecule has 0 spiro atoms. The van der Waals surface area contributed by atoms with Gasteiger partial charge >= 0.3 is 0 Å². The van der Waals surface area contributed by atoms with Crippen molar-refractivity contribution in [1.82, 2.24) is 10.6 Å². The van der Waals surface area contributed by atoms with E-state index in [0.717, 1.165) is 32.4 Å². The molecule has 80 valence electrons. The molecule has 0 aromatic rings. The van der Waals surface area contributed by atoms with Crippen LogP contribution in [0, 0.1) is 5.92 Å². The predicted molar refractivity (Wildman–Crippen MR) is 56.0 cm³/mol. The number of rotatable bonds is 4. The Labute approximate surface area is 85.6 Å². The lowest BCUT2D eigenvalue weighted by molar-refractivity contribution is -0.127. The highest BCUT2D eigenvalue weighted by molar-refractivity contribution is 5.79. The summed E-state index contributed by atoms with van der Waals surface area (Å²) in [5.74, 6) is 0.626. The molecule has 3 nitrogen and oxygen atoms in total. The van der Waals surface area contributed by atoms with Gasteiger partial charge < -0.3 is 10.6 Å². The van der Waals surface area contributed by atoms with Gasteiger partial charge in [-0.25, -0.2) is 0 Å².